The topological polar surface area (TPSA) is 98.5 Å². The van der Waals surface area contributed by atoms with Gasteiger partial charge in [0.05, 0.1) is 16.6 Å². The number of methoxy groups -OCH3 is 1. The van der Waals surface area contributed by atoms with Crippen LogP contribution < -0.4 is 4.72 Å². The van der Waals surface area contributed by atoms with Gasteiger partial charge in [-0.1, -0.05) is 23.2 Å². The Morgan fingerprint density at radius 1 is 1.42 bits per heavy atom. The van der Waals surface area contributed by atoms with Crippen molar-refractivity contribution in [2.75, 3.05) is 20.3 Å². The Labute approximate surface area is 119 Å². The predicted octanol–water partition coefficient (Wildman–Crippen LogP) is 1.83. The lowest BCUT2D eigenvalue weighted by Crippen LogP contribution is -2.27. The molecule has 0 radical (unpaired) electrons. The molecule has 0 fully saturated rings. The van der Waals surface area contributed by atoms with Crippen LogP contribution in [0.4, 0.5) is 5.69 Å². The molecule has 0 aliphatic carbocycles. The molecule has 1 aromatic carbocycles. The second-order valence-corrected chi connectivity index (χ2v) is 5.85. The summed E-state index contributed by atoms with van der Waals surface area (Å²) in [5, 5.41) is 10.00. The molecule has 10 heteroatoms. The number of nitrogens with one attached hydrogen (secondary N) is 1. The van der Waals surface area contributed by atoms with E-state index in [0.29, 0.717) is 0 Å². The van der Waals surface area contributed by atoms with Crippen molar-refractivity contribution >= 4 is 38.9 Å². The number of halogens is 2. The molecule has 0 bridgehead atoms. The molecule has 0 saturated carbocycles. The Bertz CT molecular complexity index is 591. The summed E-state index contributed by atoms with van der Waals surface area (Å²) in [7, 11) is -2.64. The van der Waals surface area contributed by atoms with Gasteiger partial charge in [0.2, 0.25) is 10.0 Å². The average Bonchev–Trinajstić information content (AvgIpc) is 2.28. The monoisotopic (exact) mass is 328 g/mol. The number of hydrogen-bond donors (Lipinski definition) is 1. The van der Waals surface area contributed by atoms with E-state index in [4.69, 9.17) is 27.9 Å². The molecule has 0 aliphatic heterocycles. The molecular weight excluding hydrogens is 319 g/mol. The van der Waals surface area contributed by atoms with Gasteiger partial charge in [-0.05, 0) is 6.07 Å². The highest BCUT2D eigenvalue weighted by Gasteiger charge is 2.27. The number of benzene rings is 1. The van der Waals surface area contributed by atoms with E-state index in [-0.39, 0.29) is 18.2 Å². The molecule has 0 aliphatic rings. The van der Waals surface area contributed by atoms with E-state index in [1.54, 1.807) is 0 Å². The van der Waals surface area contributed by atoms with Gasteiger partial charge in [-0.2, -0.15) is 0 Å². The van der Waals surface area contributed by atoms with Crippen molar-refractivity contribution < 1.29 is 18.1 Å². The molecule has 0 spiro atoms. The first kappa shape index (κ1) is 16.1. The lowest BCUT2D eigenvalue weighted by Gasteiger charge is -2.09. The van der Waals surface area contributed by atoms with Gasteiger partial charge in [0, 0.05) is 19.7 Å². The largest absolute Gasteiger partial charge is 0.383 e. The van der Waals surface area contributed by atoms with E-state index in [2.05, 4.69) is 4.72 Å². The molecular formula is C9H10Cl2N2O5S. The third kappa shape index (κ3) is 3.77. The van der Waals surface area contributed by atoms with E-state index >= 15 is 0 Å². The normalized spacial score (nSPS) is 11.5. The zero-order chi connectivity index (χ0) is 14.6. The number of nitrogens with zero attached hydrogens (tertiary/aromatic N) is 1. The van der Waals surface area contributed by atoms with Crippen molar-refractivity contribution in [3.8, 4) is 0 Å². The minimum Gasteiger partial charge on any atom is -0.383 e. The second kappa shape index (κ2) is 6.49. The summed E-state index contributed by atoms with van der Waals surface area (Å²) < 4.78 is 30.8. The van der Waals surface area contributed by atoms with Crippen molar-refractivity contribution in [2.45, 2.75) is 4.90 Å². The van der Waals surface area contributed by atoms with E-state index in [0.717, 1.165) is 12.1 Å². The van der Waals surface area contributed by atoms with Gasteiger partial charge in [0.25, 0.3) is 5.69 Å². The SMILES string of the molecule is COCCNS(=O)(=O)c1c(Cl)ccc([N+](=O)[O-])c1Cl. The van der Waals surface area contributed by atoms with Crippen LogP contribution in [0.5, 0.6) is 0 Å². The maximum atomic E-state index is 12.0. The van der Waals surface area contributed by atoms with Crippen molar-refractivity contribution in [3.63, 3.8) is 0 Å². The van der Waals surface area contributed by atoms with E-state index in [1.165, 1.54) is 7.11 Å². The molecule has 7 nitrogen and oxygen atoms in total. The Balaban J connectivity index is 3.26. The van der Waals surface area contributed by atoms with Gasteiger partial charge in [-0.25, -0.2) is 13.1 Å². The minimum atomic E-state index is -4.05. The van der Waals surface area contributed by atoms with Crippen LogP contribution in [0.2, 0.25) is 10.0 Å². The number of nitro benzene ring substituents is 1. The van der Waals surface area contributed by atoms with Crippen molar-refractivity contribution in [1.82, 2.24) is 4.72 Å². The van der Waals surface area contributed by atoms with Crippen LogP contribution >= 0.6 is 23.2 Å². The molecule has 19 heavy (non-hydrogen) atoms. The van der Waals surface area contributed by atoms with Crippen LogP contribution in [-0.4, -0.2) is 33.6 Å². The van der Waals surface area contributed by atoms with Crippen LogP contribution in [0.15, 0.2) is 17.0 Å². The third-order valence-electron chi connectivity index (χ3n) is 2.09. The smallest absolute Gasteiger partial charge is 0.289 e. The maximum Gasteiger partial charge on any atom is 0.289 e. The van der Waals surface area contributed by atoms with Crippen molar-refractivity contribution in [2.24, 2.45) is 0 Å². The first-order valence-corrected chi connectivity index (χ1v) is 7.16. The highest BCUT2D eigenvalue weighted by molar-refractivity contribution is 7.89. The van der Waals surface area contributed by atoms with Crippen molar-refractivity contribution in [3.05, 3.63) is 32.3 Å². The summed E-state index contributed by atoms with van der Waals surface area (Å²) in [5.74, 6) is 0. The van der Waals surface area contributed by atoms with Crippen LogP contribution in [-0.2, 0) is 14.8 Å². The van der Waals surface area contributed by atoms with Gasteiger partial charge < -0.3 is 4.74 Å². The molecule has 106 valence electrons. The fourth-order valence-electron chi connectivity index (χ4n) is 1.26. The summed E-state index contributed by atoms with van der Waals surface area (Å²) in [6.45, 7) is 0.136. The second-order valence-electron chi connectivity index (χ2n) is 3.36. The summed E-state index contributed by atoms with van der Waals surface area (Å²) in [6.07, 6.45) is 0. The number of ether oxygens (including phenoxy) is 1. The molecule has 1 aromatic rings. The Hall–Kier alpha value is -0.930. The van der Waals surface area contributed by atoms with Crippen LogP contribution in [0.3, 0.4) is 0 Å². The van der Waals surface area contributed by atoms with E-state index < -0.39 is 30.6 Å². The predicted molar refractivity (Wildman–Crippen MR) is 70.2 cm³/mol. The first-order valence-electron chi connectivity index (χ1n) is 4.92. The summed E-state index contributed by atoms with van der Waals surface area (Å²) in [5.41, 5.74) is -0.529. The summed E-state index contributed by atoms with van der Waals surface area (Å²) in [6, 6.07) is 2.15. The zero-order valence-corrected chi connectivity index (χ0v) is 12.0. The maximum absolute atomic E-state index is 12.0. The van der Waals surface area contributed by atoms with Gasteiger partial charge in [-0.15, -0.1) is 0 Å². The quantitative estimate of drug-likeness (QED) is 0.488. The Morgan fingerprint density at radius 3 is 2.58 bits per heavy atom. The van der Waals surface area contributed by atoms with E-state index in [1.807, 2.05) is 0 Å². The fraction of sp³-hybridized carbons (Fsp3) is 0.333. The third-order valence-corrected chi connectivity index (χ3v) is 4.56. The molecule has 0 saturated heterocycles. The minimum absolute atomic E-state index is 0.00577. The lowest BCUT2D eigenvalue weighted by molar-refractivity contribution is -0.384. The van der Waals surface area contributed by atoms with Crippen LogP contribution in [0, 0.1) is 10.1 Å². The molecule has 1 rings (SSSR count). The molecule has 0 atom stereocenters. The molecule has 0 unspecified atom stereocenters. The van der Waals surface area contributed by atoms with Gasteiger partial charge >= 0.3 is 0 Å². The highest BCUT2D eigenvalue weighted by Crippen LogP contribution is 2.36. The number of hydrogen-bond acceptors (Lipinski definition) is 5. The average molecular weight is 329 g/mol. The van der Waals surface area contributed by atoms with Crippen LogP contribution in [0.1, 0.15) is 0 Å². The molecule has 0 aromatic heterocycles. The van der Waals surface area contributed by atoms with Crippen LogP contribution in [0.25, 0.3) is 0 Å². The first-order chi connectivity index (χ1) is 8.81. The fourth-order valence-corrected chi connectivity index (χ4v) is 3.47. The zero-order valence-electron chi connectivity index (χ0n) is 9.72. The standard InChI is InChI=1S/C9H10Cl2N2O5S/c1-18-5-4-12-19(16,17)9-6(10)2-3-7(8(9)11)13(14)15/h2-3,12H,4-5H2,1H3. The Morgan fingerprint density at radius 2 is 2.05 bits per heavy atom. The van der Waals surface area contributed by atoms with Gasteiger partial charge in [0.15, 0.2) is 0 Å². The summed E-state index contributed by atoms with van der Waals surface area (Å²) in [4.78, 5) is 9.42. The Kier molecular flexibility index (Phi) is 5.50. The number of sulfonamides is 1. The molecule has 1 N–H and O–H groups in total. The lowest BCUT2D eigenvalue weighted by atomic mass is 10.3. The van der Waals surface area contributed by atoms with Gasteiger partial charge in [0.1, 0.15) is 9.92 Å². The van der Waals surface area contributed by atoms with Crippen molar-refractivity contribution in [1.29, 1.82) is 0 Å². The number of rotatable bonds is 6. The summed E-state index contributed by atoms with van der Waals surface area (Å²) >= 11 is 11.5. The van der Waals surface area contributed by atoms with E-state index in [9.17, 15) is 18.5 Å². The molecule has 0 amide bonds. The highest BCUT2D eigenvalue weighted by atomic mass is 35.5. The molecule has 0 heterocycles. The number of nitro groups is 1. The van der Waals surface area contributed by atoms with Gasteiger partial charge in [-0.3, -0.25) is 10.1 Å².